The van der Waals surface area contributed by atoms with E-state index in [2.05, 4.69) is 21.1 Å². The molecule has 0 heterocycles. The first kappa shape index (κ1) is 18.3. The number of halogens is 2. The minimum Gasteiger partial charge on any atom is -0.508 e. The summed E-state index contributed by atoms with van der Waals surface area (Å²) < 4.78 is 0.773. The Morgan fingerprint density at radius 2 is 1.73 bits per heavy atom. The molecule has 0 fully saturated rings. The van der Waals surface area contributed by atoms with Gasteiger partial charge in [0, 0.05) is 26.2 Å². The zero-order valence-electron chi connectivity index (χ0n) is 13.9. The number of nitrogens with zero attached hydrogens (tertiary/aromatic N) is 1. The Balaban J connectivity index is 2.42. The monoisotopic (exact) mass is 430 g/mol. The molecule has 4 nitrogen and oxygen atoms in total. The van der Waals surface area contributed by atoms with Crippen LogP contribution in [-0.4, -0.2) is 16.1 Å². The summed E-state index contributed by atoms with van der Waals surface area (Å²) >= 11 is 9.97. The molecule has 3 aromatic rings. The first-order valence-electron chi connectivity index (χ1n) is 7.78. The van der Waals surface area contributed by atoms with E-state index < -0.39 is 0 Å². The largest absolute Gasteiger partial charge is 0.508 e. The third-order valence-corrected chi connectivity index (χ3v) is 4.84. The molecule has 0 radical (unpaired) electrons. The molecule has 4 N–H and O–H groups in total. The highest BCUT2D eigenvalue weighted by Crippen LogP contribution is 2.41. The van der Waals surface area contributed by atoms with Gasteiger partial charge in [0.2, 0.25) is 0 Å². The van der Waals surface area contributed by atoms with Crippen LogP contribution < -0.4 is 5.73 Å². The lowest BCUT2D eigenvalue weighted by atomic mass is 9.89. The van der Waals surface area contributed by atoms with E-state index in [0.29, 0.717) is 10.6 Å². The van der Waals surface area contributed by atoms with Crippen molar-refractivity contribution in [2.24, 2.45) is 10.9 Å². The number of rotatable bonds is 3. The Hall–Kier alpha value is -2.50. The molecule has 132 valence electrons. The second kappa shape index (κ2) is 7.40. The number of phenols is 1. The van der Waals surface area contributed by atoms with Crippen LogP contribution in [0.15, 0.2) is 64.2 Å². The topological polar surface area (TPSA) is 78.8 Å². The van der Waals surface area contributed by atoms with E-state index in [1.807, 2.05) is 31.2 Å². The summed E-state index contributed by atoms with van der Waals surface area (Å²) in [5.74, 6) is 0.162. The lowest BCUT2D eigenvalue weighted by molar-refractivity contribution is 0.318. The molecule has 26 heavy (non-hydrogen) atoms. The van der Waals surface area contributed by atoms with Gasteiger partial charge >= 0.3 is 0 Å². The molecule has 0 amide bonds. The normalized spacial score (nSPS) is 11.6. The fourth-order valence-electron chi connectivity index (χ4n) is 2.85. The molecule has 0 aliphatic rings. The number of nitrogens with two attached hydrogens (primary N) is 1. The van der Waals surface area contributed by atoms with Crippen LogP contribution in [-0.2, 0) is 0 Å². The van der Waals surface area contributed by atoms with Crippen molar-refractivity contribution in [3.63, 3.8) is 0 Å². The van der Waals surface area contributed by atoms with Gasteiger partial charge in [-0.15, -0.1) is 0 Å². The van der Waals surface area contributed by atoms with Crippen molar-refractivity contribution in [1.29, 1.82) is 0 Å². The van der Waals surface area contributed by atoms with Gasteiger partial charge in [0.25, 0.3) is 0 Å². The first-order chi connectivity index (χ1) is 12.4. The predicted octanol–water partition coefficient (Wildman–Crippen LogP) is 5.55. The minimum atomic E-state index is -0.0149. The highest BCUT2D eigenvalue weighted by atomic mass is 79.9. The van der Waals surface area contributed by atoms with E-state index in [9.17, 15) is 10.3 Å². The van der Waals surface area contributed by atoms with Crippen LogP contribution in [0.2, 0.25) is 5.02 Å². The molecule has 0 saturated heterocycles. The Labute approximate surface area is 164 Å². The van der Waals surface area contributed by atoms with E-state index in [1.165, 1.54) is 0 Å². The van der Waals surface area contributed by atoms with E-state index in [0.717, 1.165) is 32.3 Å². The molecule has 3 aromatic carbocycles. The highest BCUT2D eigenvalue weighted by Gasteiger charge is 2.19. The van der Waals surface area contributed by atoms with Crippen molar-refractivity contribution >= 4 is 33.4 Å². The number of aromatic hydroxyl groups is 1. The maximum Gasteiger partial charge on any atom is 0.170 e. The quantitative estimate of drug-likeness (QED) is 0.220. The number of benzene rings is 3. The van der Waals surface area contributed by atoms with Crippen molar-refractivity contribution in [3.8, 4) is 28.0 Å². The average Bonchev–Trinajstić information content (AvgIpc) is 2.63. The van der Waals surface area contributed by atoms with Gasteiger partial charge in [-0.1, -0.05) is 56.4 Å². The van der Waals surface area contributed by atoms with Gasteiger partial charge in [-0.25, -0.2) is 0 Å². The van der Waals surface area contributed by atoms with E-state index in [4.69, 9.17) is 17.3 Å². The van der Waals surface area contributed by atoms with Crippen LogP contribution >= 0.6 is 27.5 Å². The first-order valence-corrected chi connectivity index (χ1v) is 8.95. The van der Waals surface area contributed by atoms with Gasteiger partial charge in [0.05, 0.1) is 0 Å². The number of hydrogen-bond acceptors (Lipinski definition) is 3. The Bertz CT molecular complexity index is 1000. The van der Waals surface area contributed by atoms with Crippen LogP contribution in [0, 0.1) is 6.92 Å². The minimum absolute atomic E-state index is 0.0149. The fourth-order valence-corrected chi connectivity index (χ4v) is 3.52. The van der Waals surface area contributed by atoms with E-state index in [1.54, 1.807) is 30.3 Å². The fraction of sp³-hybridized carbons (Fsp3) is 0.0500. The smallest absolute Gasteiger partial charge is 0.170 e. The van der Waals surface area contributed by atoms with Crippen molar-refractivity contribution in [2.45, 2.75) is 6.92 Å². The number of phenolic OH excluding ortho intramolecular Hbond substituents is 1. The summed E-state index contributed by atoms with van der Waals surface area (Å²) in [6.45, 7) is 1.97. The number of amidine groups is 1. The van der Waals surface area contributed by atoms with Gasteiger partial charge in [-0.05, 0) is 54.4 Å². The summed E-state index contributed by atoms with van der Waals surface area (Å²) in [4.78, 5) is 0. The molecular formula is C20H16BrClN2O2. The summed E-state index contributed by atoms with van der Waals surface area (Å²) in [7, 11) is 0. The van der Waals surface area contributed by atoms with Crippen molar-refractivity contribution in [1.82, 2.24) is 0 Å². The molecule has 0 spiro atoms. The molecule has 0 atom stereocenters. The molecule has 0 saturated carbocycles. The predicted molar refractivity (Wildman–Crippen MR) is 109 cm³/mol. The summed E-state index contributed by atoms with van der Waals surface area (Å²) in [6.07, 6.45) is 0. The average molecular weight is 432 g/mol. The van der Waals surface area contributed by atoms with Crippen LogP contribution in [0.5, 0.6) is 5.75 Å². The molecule has 6 heteroatoms. The molecule has 0 aliphatic carbocycles. The van der Waals surface area contributed by atoms with Crippen LogP contribution in [0.1, 0.15) is 11.1 Å². The highest BCUT2D eigenvalue weighted by molar-refractivity contribution is 9.10. The lowest BCUT2D eigenvalue weighted by Crippen LogP contribution is -2.15. The van der Waals surface area contributed by atoms with Crippen LogP contribution in [0.25, 0.3) is 22.3 Å². The summed E-state index contributed by atoms with van der Waals surface area (Å²) in [5, 5.41) is 22.6. The zero-order valence-corrected chi connectivity index (χ0v) is 16.2. The number of hydrogen-bond donors (Lipinski definition) is 3. The Morgan fingerprint density at radius 3 is 2.38 bits per heavy atom. The third-order valence-electron chi connectivity index (χ3n) is 4.06. The van der Waals surface area contributed by atoms with Crippen molar-refractivity contribution < 1.29 is 10.3 Å². The van der Waals surface area contributed by atoms with Gasteiger partial charge in [-0.3, -0.25) is 0 Å². The van der Waals surface area contributed by atoms with Crippen LogP contribution in [0.4, 0.5) is 0 Å². The van der Waals surface area contributed by atoms with Gasteiger partial charge in [-0.2, -0.15) is 0 Å². The molecule has 3 rings (SSSR count). The second-order valence-corrected chi connectivity index (χ2v) is 7.21. The molecule has 0 aromatic heterocycles. The lowest BCUT2D eigenvalue weighted by Gasteiger charge is -2.17. The van der Waals surface area contributed by atoms with E-state index >= 15 is 0 Å². The third kappa shape index (κ3) is 3.54. The standard InChI is InChI=1S/C20H16BrClN2O2/c1-11-2-7-18(22)16(8-11)19-15(12-3-5-14(25)6-4-12)9-13(21)10-17(19)20(23)24-26/h2-10,25-26H,1H3,(H2,23,24). The molecule has 0 aliphatic heterocycles. The number of aryl methyl sites for hydroxylation is 1. The zero-order chi connectivity index (χ0) is 18.8. The van der Waals surface area contributed by atoms with Gasteiger partial charge < -0.3 is 16.0 Å². The van der Waals surface area contributed by atoms with Gasteiger partial charge in [0.15, 0.2) is 5.84 Å². The van der Waals surface area contributed by atoms with Crippen molar-refractivity contribution in [3.05, 3.63) is 75.2 Å². The maximum absolute atomic E-state index is 9.60. The molecular weight excluding hydrogens is 416 g/mol. The summed E-state index contributed by atoms with van der Waals surface area (Å²) in [5.41, 5.74) is 10.8. The van der Waals surface area contributed by atoms with Gasteiger partial charge in [0.1, 0.15) is 5.75 Å². The van der Waals surface area contributed by atoms with E-state index in [-0.39, 0.29) is 11.6 Å². The number of oxime groups is 1. The molecule has 0 bridgehead atoms. The summed E-state index contributed by atoms with van der Waals surface area (Å²) in [6, 6.07) is 16.3. The SMILES string of the molecule is Cc1ccc(Cl)c(-c2c(C(N)=NO)cc(Br)cc2-c2ccc(O)cc2)c1. The second-order valence-electron chi connectivity index (χ2n) is 5.89. The van der Waals surface area contributed by atoms with Crippen LogP contribution in [0.3, 0.4) is 0 Å². The maximum atomic E-state index is 9.60. The van der Waals surface area contributed by atoms with Crippen molar-refractivity contribution in [2.75, 3.05) is 0 Å². The Kier molecular flexibility index (Phi) is 5.20. The Morgan fingerprint density at radius 1 is 1.04 bits per heavy atom. The molecule has 0 unspecified atom stereocenters.